The molecule has 3 aromatic rings. The van der Waals surface area contributed by atoms with Gasteiger partial charge in [-0.15, -0.1) is 11.8 Å². The number of rotatable bonds is 4. The first-order valence-electron chi connectivity index (χ1n) is 6.50. The topological polar surface area (TPSA) is 30.0 Å². The Balaban J connectivity index is 1.81. The summed E-state index contributed by atoms with van der Waals surface area (Å²) in [7, 11) is 0. The summed E-state index contributed by atoms with van der Waals surface area (Å²) in [4.78, 5) is 17.4. The molecule has 0 N–H and O–H groups in total. The van der Waals surface area contributed by atoms with Crippen molar-refractivity contribution in [1.29, 1.82) is 0 Å². The van der Waals surface area contributed by atoms with E-state index in [4.69, 9.17) is 0 Å². The van der Waals surface area contributed by atoms with E-state index in [1.807, 2.05) is 30.3 Å². The van der Waals surface area contributed by atoms with Crippen LogP contribution in [0.2, 0.25) is 0 Å². The van der Waals surface area contributed by atoms with Crippen molar-refractivity contribution in [2.45, 2.75) is 4.90 Å². The highest BCUT2D eigenvalue weighted by Gasteiger charge is 2.12. The van der Waals surface area contributed by atoms with Gasteiger partial charge >= 0.3 is 0 Å². The van der Waals surface area contributed by atoms with Gasteiger partial charge in [0.2, 0.25) is 0 Å². The molecular weight excluding hydrogens is 285 g/mol. The number of para-hydroxylation sites is 1. The van der Waals surface area contributed by atoms with Gasteiger partial charge in [0.15, 0.2) is 5.78 Å². The third-order valence-electron chi connectivity index (χ3n) is 3.13. The van der Waals surface area contributed by atoms with Crippen LogP contribution in [0.4, 0.5) is 4.39 Å². The number of carbonyl (C=O) groups is 1. The highest BCUT2D eigenvalue weighted by atomic mass is 32.2. The molecule has 21 heavy (non-hydrogen) atoms. The number of hydrogen-bond acceptors (Lipinski definition) is 3. The van der Waals surface area contributed by atoms with Gasteiger partial charge in [-0.1, -0.05) is 30.3 Å². The van der Waals surface area contributed by atoms with E-state index in [-0.39, 0.29) is 17.1 Å². The molecule has 0 amide bonds. The lowest BCUT2D eigenvalue weighted by molar-refractivity contribution is 0.101. The van der Waals surface area contributed by atoms with Crippen LogP contribution in [0.25, 0.3) is 10.9 Å². The summed E-state index contributed by atoms with van der Waals surface area (Å²) in [6, 6.07) is 15.7. The van der Waals surface area contributed by atoms with Crippen molar-refractivity contribution in [1.82, 2.24) is 4.98 Å². The smallest absolute Gasteiger partial charge is 0.176 e. The summed E-state index contributed by atoms with van der Waals surface area (Å²) < 4.78 is 13.6. The number of carbonyl (C=O) groups excluding carboxylic acids is 1. The number of hydrogen-bond donors (Lipinski definition) is 0. The minimum atomic E-state index is -0.473. The third-order valence-corrected chi connectivity index (χ3v) is 4.18. The van der Waals surface area contributed by atoms with Crippen molar-refractivity contribution in [2.75, 3.05) is 5.75 Å². The molecule has 0 aliphatic rings. The maximum Gasteiger partial charge on any atom is 0.176 e. The van der Waals surface area contributed by atoms with Gasteiger partial charge in [0.05, 0.1) is 16.8 Å². The molecule has 0 fully saturated rings. The quantitative estimate of drug-likeness (QED) is 0.530. The Labute approximate surface area is 126 Å². The van der Waals surface area contributed by atoms with E-state index in [0.717, 1.165) is 15.8 Å². The minimum absolute atomic E-state index is 0.137. The lowest BCUT2D eigenvalue weighted by Crippen LogP contribution is -2.05. The number of benzene rings is 2. The second kappa shape index (κ2) is 6.06. The second-order valence-corrected chi connectivity index (χ2v) is 5.54. The molecule has 1 aromatic heterocycles. The first kappa shape index (κ1) is 13.8. The average Bonchev–Trinajstić information content (AvgIpc) is 2.53. The number of ketones is 1. The Morgan fingerprint density at radius 2 is 1.86 bits per heavy atom. The Bertz CT molecular complexity index is 798. The fourth-order valence-corrected chi connectivity index (χ4v) is 3.03. The molecule has 104 valence electrons. The maximum absolute atomic E-state index is 13.6. The predicted molar refractivity (Wildman–Crippen MR) is 83.2 cm³/mol. The predicted octanol–water partition coefficient (Wildman–Crippen LogP) is 4.35. The van der Waals surface area contributed by atoms with Crippen molar-refractivity contribution in [3.8, 4) is 0 Å². The van der Waals surface area contributed by atoms with Crippen molar-refractivity contribution in [3.05, 3.63) is 72.2 Å². The van der Waals surface area contributed by atoms with Crippen LogP contribution < -0.4 is 0 Å². The largest absolute Gasteiger partial charge is 0.293 e. The summed E-state index contributed by atoms with van der Waals surface area (Å²) >= 11 is 1.38. The van der Waals surface area contributed by atoms with Gasteiger partial charge in [0.25, 0.3) is 0 Å². The first-order valence-corrected chi connectivity index (χ1v) is 7.48. The number of halogens is 1. The lowest BCUT2D eigenvalue weighted by Gasteiger charge is -2.05. The molecule has 0 spiro atoms. The maximum atomic E-state index is 13.6. The molecule has 2 aromatic carbocycles. The molecule has 1 heterocycles. The summed E-state index contributed by atoms with van der Waals surface area (Å²) in [6.07, 6.45) is 1.73. The average molecular weight is 297 g/mol. The van der Waals surface area contributed by atoms with Crippen LogP contribution in [-0.4, -0.2) is 16.5 Å². The minimum Gasteiger partial charge on any atom is -0.293 e. The SMILES string of the molecule is O=C(CSc1cccc2cccnc12)c1ccccc1F. The van der Waals surface area contributed by atoms with Gasteiger partial charge in [-0.05, 0) is 24.3 Å². The molecule has 0 saturated heterocycles. The first-order chi connectivity index (χ1) is 10.3. The van der Waals surface area contributed by atoms with E-state index in [2.05, 4.69) is 4.98 Å². The molecule has 0 unspecified atom stereocenters. The molecule has 0 aliphatic heterocycles. The van der Waals surface area contributed by atoms with E-state index in [1.165, 1.54) is 23.9 Å². The normalized spacial score (nSPS) is 10.7. The molecule has 0 saturated carbocycles. The van der Waals surface area contributed by atoms with Crippen LogP contribution >= 0.6 is 11.8 Å². The number of thioether (sulfide) groups is 1. The molecule has 3 rings (SSSR count). The van der Waals surface area contributed by atoms with Gasteiger partial charge in [-0.3, -0.25) is 9.78 Å². The molecule has 4 heteroatoms. The number of nitrogens with zero attached hydrogens (tertiary/aromatic N) is 1. The number of pyridine rings is 1. The summed E-state index contributed by atoms with van der Waals surface area (Å²) in [6.45, 7) is 0. The summed E-state index contributed by atoms with van der Waals surface area (Å²) in [5.74, 6) is -0.499. The van der Waals surface area contributed by atoms with E-state index in [1.54, 1.807) is 18.3 Å². The van der Waals surface area contributed by atoms with E-state index in [0.29, 0.717) is 0 Å². The second-order valence-electron chi connectivity index (χ2n) is 4.52. The third kappa shape index (κ3) is 2.95. The van der Waals surface area contributed by atoms with Crippen LogP contribution in [0, 0.1) is 5.82 Å². The fourth-order valence-electron chi connectivity index (χ4n) is 2.10. The van der Waals surface area contributed by atoms with Crippen LogP contribution in [0.1, 0.15) is 10.4 Å². The number of fused-ring (bicyclic) bond motifs is 1. The highest BCUT2D eigenvalue weighted by Crippen LogP contribution is 2.26. The molecule has 0 atom stereocenters. The number of Topliss-reactive ketones (excluding diaryl/α,β-unsaturated/α-hetero) is 1. The lowest BCUT2D eigenvalue weighted by atomic mass is 10.1. The van der Waals surface area contributed by atoms with E-state index < -0.39 is 5.82 Å². The van der Waals surface area contributed by atoms with Gasteiger partial charge in [0, 0.05) is 16.5 Å². The van der Waals surface area contributed by atoms with Crippen molar-refractivity contribution < 1.29 is 9.18 Å². The van der Waals surface area contributed by atoms with Crippen LogP contribution in [0.3, 0.4) is 0 Å². The number of aromatic nitrogens is 1. The molecule has 2 nitrogen and oxygen atoms in total. The zero-order chi connectivity index (χ0) is 14.7. The van der Waals surface area contributed by atoms with Gasteiger partial charge in [-0.2, -0.15) is 0 Å². The van der Waals surface area contributed by atoms with Gasteiger partial charge in [-0.25, -0.2) is 4.39 Å². The zero-order valence-corrected chi connectivity index (χ0v) is 11.9. The Morgan fingerprint density at radius 3 is 2.71 bits per heavy atom. The van der Waals surface area contributed by atoms with Crippen LogP contribution in [0.15, 0.2) is 65.7 Å². The Kier molecular flexibility index (Phi) is 3.97. The Morgan fingerprint density at radius 1 is 1.05 bits per heavy atom. The molecule has 0 radical (unpaired) electrons. The van der Waals surface area contributed by atoms with Crippen LogP contribution in [0.5, 0.6) is 0 Å². The standard InChI is InChI=1S/C17H12FNOS/c18-14-8-2-1-7-13(14)15(20)11-21-16-9-3-5-12-6-4-10-19-17(12)16/h1-10H,11H2. The fraction of sp³-hybridized carbons (Fsp3) is 0.0588. The molecule has 0 bridgehead atoms. The van der Waals surface area contributed by atoms with Gasteiger partial charge in [0.1, 0.15) is 5.82 Å². The Hall–Kier alpha value is -2.20. The molecular formula is C17H12FNOS. The van der Waals surface area contributed by atoms with Crippen molar-refractivity contribution >= 4 is 28.4 Å². The van der Waals surface area contributed by atoms with Crippen molar-refractivity contribution in [3.63, 3.8) is 0 Å². The summed E-state index contributed by atoms with van der Waals surface area (Å²) in [5.41, 5.74) is 1.00. The van der Waals surface area contributed by atoms with Gasteiger partial charge < -0.3 is 0 Å². The molecule has 0 aliphatic carbocycles. The monoisotopic (exact) mass is 297 g/mol. The zero-order valence-electron chi connectivity index (χ0n) is 11.1. The van der Waals surface area contributed by atoms with E-state index in [9.17, 15) is 9.18 Å². The van der Waals surface area contributed by atoms with Crippen LogP contribution in [-0.2, 0) is 0 Å². The summed E-state index contributed by atoms with van der Waals surface area (Å²) in [5, 5.41) is 1.03. The highest BCUT2D eigenvalue weighted by molar-refractivity contribution is 8.00. The van der Waals surface area contributed by atoms with E-state index >= 15 is 0 Å². The van der Waals surface area contributed by atoms with Crippen molar-refractivity contribution in [2.24, 2.45) is 0 Å².